The van der Waals surface area contributed by atoms with Crippen LogP contribution in [0.3, 0.4) is 0 Å². The Labute approximate surface area is 327 Å². The highest BCUT2D eigenvalue weighted by Crippen LogP contribution is 2.44. The van der Waals surface area contributed by atoms with E-state index in [4.69, 9.17) is 19.4 Å². The second-order valence-electron chi connectivity index (χ2n) is 14.0. The number of furan rings is 1. The van der Waals surface area contributed by atoms with Crippen LogP contribution in [-0.2, 0) is 0 Å². The van der Waals surface area contributed by atoms with Crippen molar-refractivity contribution in [1.29, 1.82) is 0 Å². The van der Waals surface area contributed by atoms with Gasteiger partial charge in [0.1, 0.15) is 11.2 Å². The van der Waals surface area contributed by atoms with Gasteiger partial charge in [-0.1, -0.05) is 146 Å². The predicted molar refractivity (Wildman–Crippen MR) is 233 cm³/mol. The second-order valence-corrected chi connectivity index (χ2v) is 15.1. The SMILES string of the molecule is c1ccc(-c2nc(-c3ccccc3)nc(-c3cccc(-c4cccc5oc6cc(-c7cc8sc9ccccc9c8cc7-c7ccccc7)ccc6c45)c3)n2)cc1. The molecule has 0 atom stereocenters. The standard InChI is InChI=1S/C51H31N3OS/c1-4-14-32(15-5-1)41-30-43-39-22-10-11-25-46(39)56-47(43)31-42(41)36-26-27-40-45(29-36)55-44-24-13-23-38(48(40)44)35-20-12-21-37(28-35)51-53-49(33-16-6-2-7-17-33)52-50(54-51)34-18-8-3-9-19-34/h1-31H. The Kier molecular flexibility index (Phi) is 7.64. The van der Waals surface area contributed by atoms with E-state index < -0.39 is 0 Å². The van der Waals surface area contributed by atoms with Crippen LogP contribution >= 0.6 is 11.3 Å². The number of thiophene rings is 1. The van der Waals surface area contributed by atoms with Crippen molar-refractivity contribution >= 4 is 53.4 Å². The smallest absolute Gasteiger partial charge is 0.164 e. The van der Waals surface area contributed by atoms with Gasteiger partial charge in [0.05, 0.1) is 0 Å². The van der Waals surface area contributed by atoms with Crippen molar-refractivity contribution in [3.8, 4) is 67.5 Å². The minimum atomic E-state index is 0.623. The van der Waals surface area contributed by atoms with E-state index in [0.29, 0.717) is 17.5 Å². The fourth-order valence-electron chi connectivity index (χ4n) is 7.86. The highest BCUT2D eigenvalue weighted by atomic mass is 32.1. The lowest BCUT2D eigenvalue weighted by atomic mass is 9.92. The van der Waals surface area contributed by atoms with Crippen molar-refractivity contribution in [2.75, 3.05) is 0 Å². The van der Waals surface area contributed by atoms with E-state index >= 15 is 0 Å². The van der Waals surface area contributed by atoms with E-state index in [-0.39, 0.29) is 0 Å². The van der Waals surface area contributed by atoms with Gasteiger partial charge in [-0.25, -0.2) is 15.0 Å². The third-order valence-electron chi connectivity index (χ3n) is 10.5. The Bertz CT molecular complexity index is 3180. The minimum Gasteiger partial charge on any atom is -0.456 e. The van der Waals surface area contributed by atoms with E-state index in [2.05, 4.69) is 127 Å². The molecule has 0 aliphatic heterocycles. The molecule has 0 unspecified atom stereocenters. The van der Waals surface area contributed by atoms with Crippen molar-refractivity contribution < 1.29 is 4.42 Å². The van der Waals surface area contributed by atoms with Crippen molar-refractivity contribution in [2.24, 2.45) is 0 Å². The first kappa shape index (κ1) is 32.2. The average Bonchev–Trinajstić information content (AvgIpc) is 3.84. The van der Waals surface area contributed by atoms with Gasteiger partial charge in [-0.3, -0.25) is 0 Å². The van der Waals surface area contributed by atoms with Gasteiger partial charge in [-0.05, 0) is 75.8 Å². The lowest BCUT2D eigenvalue weighted by molar-refractivity contribution is 0.669. The van der Waals surface area contributed by atoms with E-state index in [1.807, 2.05) is 72.0 Å². The van der Waals surface area contributed by atoms with Gasteiger partial charge >= 0.3 is 0 Å². The molecule has 0 N–H and O–H groups in total. The third kappa shape index (κ3) is 5.56. The third-order valence-corrected chi connectivity index (χ3v) is 11.7. The Morgan fingerprint density at radius 2 is 0.893 bits per heavy atom. The summed E-state index contributed by atoms with van der Waals surface area (Å²) in [6.45, 7) is 0. The van der Waals surface area contributed by atoms with Crippen LogP contribution in [0.25, 0.3) is 110 Å². The molecule has 0 aliphatic carbocycles. The normalized spacial score (nSPS) is 11.6. The first-order valence-electron chi connectivity index (χ1n) is 18.7. The Morgan fingerprint density at radius 3 is 1.62 bits per heavy atom. The Morgan fingerprint density at radius 1 is 0.321 bits per heavy atom. The number of benzene rings is 8. The quantitative estimate of drug-likeness (QED) is 0.171. The van der Waals surface area contributed by atoms with Gasteiger partial charge < -0.3 is 4.42 Å². The summed E-state index contributed by atoms with van der Waals surface area (Å²) in [7, 11) is 0. The minimum absolute atomic E-state index is 0.623. The van der Waals surface area contributed by atoms with E-state index in [9.17, 15) is 0 Å². The Hall–Kier alpha value is -7.21. The van der Waals surface area contributed by atoms with E-state index in [0.717, 1.165) is 55.3 Å². The molecule has 4 nitrogen and oxygen atoms in total. The van der Waals surface area contributed by atoms with Crippen molar-refractivity contribution in [3.63, 3.8) is 0 Å². The maximum atomic E-state index is 6.67. The summed E-state index contributed by atoms with van der Waals surface area (Å²) in [6, 6.07) is 65.7. The number of hydrogen-bond acceptors (Lipinski definition) is 5. The van der Waals surface area contributed by atoms with Crippen LogP contribution in [0.1, 0.15) is 0 Å². The monoisotopic (exact) mass is 733 g/mol. The van der Waals surface area contributed by atoms with Gasteiger partial charge in [0.25, 0.3) is 0 Å². The largest absolute Gasteiger partial charge is 0.456 e. The molecule has 0 aliphatic rings. The summed E-state index contributed by atoms with van der Waals surface area (Å²) in [4.78, 5) is 14.9. The van der Waals surface area contributed by atoms with Crippen LogP contribution < -0.4 is 0 Å². The van der Waals surface area contributed by atoms with Crippen LogP contribution in [-0.4, -0.2) is 15.0 Å². The predicted octanol–water partition coefficient (Wildman–Crippen LogP) is 14.1. The van der Waals surface area contributed by atoms with Crippen LogP contribution in [0, 0.1) is 0 Å². The summed E-state index contributed by atoms with van der Waals surface area (Å²) in [6.07, 6.45) is 0. The van der Waals surface area contributed by atoms with Gasteiger partial charge in [-0.2, -0.15) is 0 Å². The summed E-state index contributed by atoms with van der Waals surface area (Å²) < 4.78 is 9.25. The van der Waals surface area contributed by atoms with Crippen LogP contribution in [0.2, 0.25) is 0 Å². The molecule has 3 heterocycles. The summed E-state index contributed by atoms with van der Waals surface area (Å²) in [5.41, 5.74) is 11.4. The molecule has 3 aromatic heterocycles. The van der Waals surface area contributed by atoms with Crippen molar-refractivity contribution in [1.82, 2.24) is 15.0 Å². The number of hydrogen-bond donors (Lipinski definition) is 0. The molecule has 11 rings (SSSR count). The zero-order valence-electron chi connectivity index (χ0n) is 30.1. The van der Waals surface area contributed by atoms with Gasteiger partial charge in [0.2, 0.25) is 0 Å². The molecule has 0 amide bonds. The highest BCUT2D eigenvalue weighted by Gasteiger charge is 2.18. The molecule has 0 saturated heterocycles. The number of rotatable bonds is 6. The summed E-state index contributed by atoms with van der Waals surface area (Å²) in [5.74, 6) is 1.90. The molecule has 0 saturated carbocycles. The lowest BCUT2D eigenvalue weighted by Gasteiger charge is -2.12. The highest BCUT2D eigenvalue weighted by molar-refractivity contribution is 7.25. The lowest BCUT2D eigenvalue weighted by Crippen LogP contribution is -2.00. The fraction of sp³-hybridized carbons (Fsp3) is 0. The summed E-state index contributed by atoms with van der Waals surface area (Å²) in [5, 5.41) is 4.74. The van der Waals surface area contributed by atoms with Gasteiger partial charge in [0.15, 0.2) is 17.5 Å². The molecule has 8 aromatic carbocycles. The molecule has 0 spiro atoms. The number of fused-ring (bicyclic) bond motifs is 6. The Balaban J connectivity index is 1.04. The van der Waals surface area contributed by atoms with Gasteiger partial charge in [-0.15, -0.1) is 11.3 Å². The molecular weight excluding hydrogens is 703 g/mol. The zero-order chi connectivity index (χ0) is 37.0. The number of aromatic nitrogens is 3. The van der Waals surface area contributed by atoms with E-state index in [1.165, 1.54) is 36.9 Å². The van der Waals surface area contributed by atoms with Gasteiger partial charge in [0, 0.05) is 47.6 Å². The van der Waals surface area contributed by atoms with E-state index in [1.54, 1.807) is 0 Å². The summed E-state index contributed by atoms with van der Waals surface area (Å²) >= 11 is 1.84. The molecule has 0 bridgehead atoms. The molecule has 56 heavy (non-hydrogen) atoms. The molecule has 5 heteroatoms. The first-order chi connectivity index (χ1) is 27.7. The first-order valence-corrected chi connectivity index (χ1v) is 19.5. The second kappa shape index (κ2) is 13.3. The molecule has 0 fully saturated rings. The molecule has 262 valence electrons. The molecule has 11 aromatic rings. The van der Waals surface area contributed by atoms with Crippen LogP contribution in [0.4, 0.5) is 0 Å². The topological polar surface area (TPSA) is 51.8 Å². The number of nitrogens with zero attached hydrogens (tertiary/aromatic N) is 3. The fourth-order valence-corrected chi connectivity index (χ4v) is 8.99. The average molecular weight is 734 g/mol. The van der Waals surface area contributed by atoms with Crippen LogP contribution in [0.15, 0.2) is 192 Å². The van der Waals surface area contributed by atoms with Crippen molar-refractivity contribution in [3.05, 3.63) is 188 Å². The zero-order valence-corrected chi connectivity index (χ0v) is 30.9. The van der Waals surface area contributed by atoms with Crippen LogP contribution in [0.5, 0.6) is 0 Å². The maximum Gasteiger partial charge on any atom is 0.164 e. The molecule has 0 radical (unpaired) electrons. The maximum absolute atomic E-state index is 6.67. The van der Waals surface area contributed by atoms with Crippen molar-refractivity contribution in [2.45, 2.75) is 0 Å². The molecular formula is C51H31N3OS.